The fraction of sp³-hybridized carbons (Fsp3) is 0.385. The first-order chi connectivity index (χ1) is 8.33. The van der Waals surface area contributed by atoms with Crippen LogP contribution in [0.3, 0.4) is 0 Å². The van der Waals surface area contributed by atoms with Crippen molar-refractivity contribution in [2.45, 2.75) is 26.3 Å². The molecule has 1 unspecified atom stereocenters. The van der Waals surface area contributed by atoms with E-state index >= 15 is 0 Å². The Kier molecular flexibility index (Phi) is 3.88. The Balaban J connectivity index is 2.30. The van der Waals surface area contributed by atoms with Crippen LogP contribution >= 0.6 is 0 Å². The second kappa shape index (κ2) is 5.59. The number of hydrogen-bond donors (Lipinski definition) is 2. The van der Waals surface area contributed by atoms with E-state index in [-0.39, 0.29) is 6.04 Å². The Morgan fingerprint density at radius 1 is 1.35 bits per heavy atom. The smallest absolute Gasteiger partial charge is 0.145 e. The monoisotopic (exact) mass is 230 g/mol. The zero-order valence-corrected chi connectivity index (χ0v) is 10.3. The highest BCUT2D eigenvalue weighted by atomic mass is 15.2. The maximum absolute atomic E-state index is 4.26. The number of benzene rings is 1. The number of nitrogens with zero attached hydrogens (tertiary/aromatic N) is 2. The molecule has 17 heavy (non-hydrogen) atoms. The van der Waals surface area contributed by atoms with Gasteiger partial charge < -0.3 is 5.32 Å². The van der Waals surface area contributed by atoms with Crippen LogP contribution < -0.4 is 5.32 Å². The van der Waals surface area contributed by atoms with E-state index < -0.39 is 0 Å². The van der Waals surface area contributed by atoms with Gasteiger partial charge in [-0.05, 0) is 31.0 Å². The molecular formula is C13H18N4. The van der Waals surface area contributed by atoms with E-state index in [2.05, 4.69) is 58.6 Å². The van der Waals surface area contributed by atoms with Crippen molar-refractivity contribution in [1.29, 1.82) is 0 Å². The summed E-state index contributed by atoms with van der Waals surface area (Å²) in [5.41, 5.74) is 2.51. The van der Waals surface area contributed by atoms with Crippen molar-refractivity contribution >= 4 is 0 Å². The fourth-order valence-corrected chi connectivity index (χ4v) is 1.91. The molecule has 0 spiro atoms. The molecule has 2 aromatic rings. The summed E-state index contributed by atoms with van der Waals surface area (Å²) in [6.45, 7) is 5.23. The fourth-order valence-electron chi connectivity index (χ4n) is 1.91. The Labute approximate surface area is 101 Å². The Bertz CT molecular complexity index is 450. The lowest BCUT2D eigenvalue weighted by Gasteiger charge is -2.18. The normalized spacial score (nSPS) is 12.6. The first-order valence-corrected chi connectivity index (χ1v) is 5.97. The lowest BCUT2D eigenvalue weighted by Crippen LogP contribution is -2.25. The van der Waals surface area contributed by atoms with Crippen molar-refractivity contribution in [1.82, 2.24) is 20.5 Å². The van der Waals surface area contributed by atoms with Crippen molar-refractivity contribution in [3.8, 4) is 0 Å². The van der Waals surface area contributed by atoms with E-state index in [1.165, 1.54) is 11.1 Å². The molecule has 2 N–H and O–H groups in total. The molecule has 0 bridgehead atoms. The maximum Gasteiger partial charge on any atom is 0.145 e. The predicted molar refractivity (Wildman–Crippen MR) is 67.7 cm³/mol. The van der Waals surface area contributed by atoms with Gasteiger partial charge in [0.2, 0.25) is 0 Å². The second-order valence-corrected chi connectivity index (χ2v) is 4.11. The number of aromatic amines is 1. The van der Waals surface area contributed by atoms with Crippen LogP contribution in [-0.4, -0.2) is 21.7 Å². The minimum atomic E-state index is 0.0960. The highest BCUT2D eigenvalue weighted by molar-refractivity contribution is 5.32. The van der Waals surface area contributed by atoms with Gasteiger partial charge in [-0.1, -0.05) is 31.2 Å². The molecule has 4 heteroatoms. The van der Waals surface area contributed by atoms with Gasteiger partial charge in [0.05, 0.1) is 6.04 Å². The molecule has 1 aromatic heterocycles. The number of rotatable bonds is 5. The van der Waals surface area contributed by atoms with E-state index in [4.69, 9.17) is 0 Å². The van der Waals surface area contributed by atoms with Gasteiger partial charge in [0.1, 0.15) is 12.2 Å². The molecule has 0 radical (unpaired) electrons. The van der Waals surface area contributed by atoms with Crippen LogP contribution in [0.4, 0.5) is 0 Å². The molecule has 0 saturated carbocycles. The first-order valence-electron chi connectivity index (χ1n) is 5.97. The van der Waals surface area contributed by atoms with Gasteiger partial charge in [-0.3, -0.25) is 5.10 Å². The summed E-state index contributed by atoms with van der Waals surface area (Å²) in [5.74, 6) is 0.868. The predicted octanol–water partition coefficient (Wildman–Crippen LogP) is 2.20. The summed E-state index contributed by atoms with van der Waals surface area (Å²) in [6, 6.07) is 8.45. The molecule has 4 nitrogen and oxygen atoms in total. The third-order valence-electron chi connectivity index (χ3n) is 2.81. The van der Waals surface area contributed by atoms with Crippen molar-refractivity contribution in [2.75, 3.05) is 6.54 Å². The number of H-pyrrole nitrogens is 1. The van der Waals surface area contributed by atoms with Crippen molar-refractivity contribution in [2.24, 2.45) is 0 Å². The minimum Gasteiger partial charge on any atom is -0.304 e. The minimum absolute atomic E-state index is 0.0960. The van der Waals surface area contributed by atoms with Crippen LogP contribution in [0.2, 0.25) is 0 Å². The van der Waals surface area contributed by atoms with Gasteiger partial charge in [0.15, 0.2) is 0 Å². The molecule has 2 rings (SSSR count). The largest absolute Gasteiger partial charge is 0.304 e. The Morgan fingerprint density at radius 3 is 2.82 bits per heavy atom. The molecule has 1 atom stereocenters. The molecular weight excluding hydrogens is 212 g/mol. The zero-order valence-electron chi connectivity index (χ0n) is 10.3. The summed E-state index contributed by atoms with van der Waals surface area (Å²) < 4.78 is 0. The lowest BCUT2D eigenvalue weighted by molar-refractivity contribution is 0.571. The highest BCUT2D eigenvalue weighted by Crippen LogP contribution is 2.21. The topological polar surface area (TPSA) is 53.6 Å². The molecule has 90 valence electrons. The summed E-state index contributed by atoms with van der Waals surface area (Å²) in [6.07, 6.45) is 2.64. The number of aromatic nitrogens is 3. The van der Waals surface area contributed by atoms with Crippen LogP contribution in [0, 0.1) is 6.92 Å². The third-order valence-corrected chi connectivity index (χ3v) is 2.81. The van der Waals surface area contributed by atoms with Crippen LogP contribution in [0.25, 0.3) is 0 Å². The highest BCUT2D eigenvalue weighted by Gasteiger charge is 2.17. The van der Waals surface area contributed by atoms with Crippen LogP contribution in [0.5, 0.6) is 0 Å². The molecule has 1 aromatic carbocycles. The third kappa shape index (κ3) is 2.71. The van der Waals surface area contributed by atoms with Crippen LogP contribution in [-0.2, 0) is 0 Å². The van der Waals surface area contributed by atoms with Crippen molar-refractivity contribution in [3.05, 3.63) is 47.5 Å². The van der Waals surface area contributed by atoms with Gasteiger partial charge in [0, 0.05) is 0 Å². The summed E-state index contributed by atoms with van der Waals surface area (Å²) in [4.78, 5) is 4.26. The van der Waals surface area contributed by atoms with Gasteiger partial charge in [0.25, 0.3) is 0 Å². The average Bonchev–Trinajstić information content (AvgIpc) is 2.85. The maximum atomic E-state index is 4.26. The Hall–Kier alpha value is -1.68. The SMILES string of the molecule is CCCNC(c1ncn[nH]1)c1ccccc1C. The van der Waals surface area contributed by atoms with E-state index in [0.29, 0.717) is 0 Å². The van der Waals surface area contributed by atoms with Gasteiger partial charge in [-0.2, -0.15) is 5.10 Å². The average molecular weight is 230 g/mol. The number of nitrogens with one attached hydrogen (secondary N) is 2. The van der Waals surface area contributed by atoms with Gasteiger partial charge in [-0.15, -0.1) is 0 Å². The molecule has 0 fully saturated rings. The first kappa shape index (κ1) is 11.8. The molecule has 0 aliphatic carbocycles. The summed E-state index contributed by atoms with van der Waals surface area (Å²) >= 11 is 0. The lowest BCUT2D eigenvalue weighted by atomic mass is 10.0. The van der Waals surface area contributed by atoms with Crippen LogP contribution in [0.15, 0.2) is 30.6 Å². The second-order valence-electron chi connectivity index (χ2n) is 4.11. The van der Waals surface area contributed by atoms with E-state index in [0.717, 1.165) is 18.8 Å². The number of aryl methyl sites for hydroxylation is 1. The summed E-state index contributed by atoms with van der Waals surface area (Å²) in [5, 5.41) is 10.4. The van der Waals surface area contributed by atoms with E-state index in [1.54, 1.807) is 6.33 Å². The molecule has 0 amide bonds. The van der Waals surface area contributed by atoms with E-state index in [9.17, 15) is 0 Å². The Morgan fingerprint density at radius 2 is 2.18 bits per heavy atom. The van der Waals surface area contributed by atoms with Crippen LogP contribution in [0.1, 0.15) is 36.3 Å². The standard InChI is InChI=1S/C13H18N4/c1-3-8-14-12(13-15-9-16-17-13)11-7-5-4-6-10(11)2/h4-7,9,12,14H,3,8H2,1-2H3,(H,15,16,17). The zero-order chi connectivity index (χ0) is 12.1. The quantitative estimate of drug-likeness (QED) is 0.828. The summed E-state index contributed by atoms with van der Waals surface area (Å²) in [7, 11) is 0. The molecule has 0 saturated heterocycles. The molecule has 1 heterocycles. The van der Waals surface area contributed by atoms with Crippen molar-refractivity contribution < 1.29 is 0 Å². The number of hydrogen-bond acceptors (Lipinski definition) is 3. The van der Waals surface area contributed by atoms with Gasteiger partial charge in [-0.25, -0.2) is 4.98 Å². The van der Waals surface area contributed by atoms with Crippen molar-refractivity contribution in [3.63, 3.8) is 0 Å². The molecule has 0 aliphatic heterocycles. The molecule has 0 aliphatic rings. The van der Waals surface area contributed by atoms with Gasteiger partial charge >= 0.3 is 0 Å². The van der Waals surface area contributed by atoms with E-state index in [1.807, 2.05) is 0 Å².